The van der Waals surface area contributed by atoms with Gasteiger partial charge in [0, 0.05) is 22.4 Å². The molecule has 1 aliphatic rings. The maximum atomic E-state index is 15.4. The quantitative estimate of drug-likeness (QED) is 0.214. The first-order valence-corrected chi connectivity index (χ1v) is 14.3. The molecule has 1 aromatic heterocycles. The number of hydrogen-bond donors (Lipinski definition) is 2. The lowest BCUT2D eigenvalue weighted by atomic mass is 9.72. The van der Waals surface area contributed by atoms with Crippen LogP contribution in [0.1, 0.15) is 23.6 Å². The average Bonchev–Trinajstić information content (AvgIpc) is 3.51. The van der Waals surface area contributed by atoms with Crippen molar-refractivity contribution in [3.8, 4) is 6.07 Å². The van der Waals surface area contributed by atoms with Crippen molar-refractivity contribution in [2.24, 2.45) is 0 Å². The van der Waals surface area contributed by atoms with Crippen LogP contribution < -0.4 is 0 Å². The van der Waals surface area contributed by atoms with Gasteiger partial charge in [-0.3, -0.25) is 4.68 Å². The van der Waals surface area contributed by atoms with Crippen LogP contribution in [0.2, 0.25) is 0 Å². The van der Waals surface area contributed by atoms with Crippen LogP contribution in [0.4, 0.5) is 18.0 Å². The van der Waals surface area contributed by atoms with Gasteiger partial charge in [-0.15, -0.1) is 11.8 Å². The Morgan fingerprint density at radius 2 is 2.00 bits per heavy atom. The normalized spacial score (nSPS) is 19.8. The summed E-state index contributed by atoms with van der Waals surface area (Å²) in [6, 6.07) is 8.98. The third kappa shape index (κ3) is 7.86. The van der Waals surface area contributed by atoms with Crippen LogP contribution in [0.25, 0.3) is 6.08 Å². The highest BCUT2D eigenvalue weighted by molar-refractivity contribution is 8.00. The first-order valence-electron chi connectivity index (χ1n) is 13.4. The van der Waals surface area contributed by atoms with Gasteiger partial charge in [0.05, 0.1) is 48.7 Å². The van der Waals surface area contributed by atoms with E-state index in [9.17, 15) is 23.8 Å². The van der Waals surface area contributed by atoms with Crippen molar-refractivity contribution in [3.05, 3.63) is 101 Å². The van der Waals surface area contributed by atoms with Gasteiger partial charge in [0.1, 0.15) is 36.2 Å². The Morgan fingerprint density at radius 1 is 1.23 bits per heavy atom. The Labute approximate surface area is 255 Å². The fraction of sp³-hybridized carbons (Fsp3) is 0.333. The van der Waals surface area contributed by atoms with E-state index in [1.165, 1.54) is 53.4 Å². The Hall–Kier alpha value is -4.16. The van der Waals surface area contributed by atoms with Gasteiger partial charge in [0.2, 0.25) is 0 Å². The zero-order chi connectivity index (χ0) is 31.7. The van der Waals surface area contributed by atoms with Crippen molar-refractivity contribution in [3.63, 3.8) is 0 Å². The standard InChI is InChI=1S/C30H29F3N4O6S/c1-19(44-23-14-41-28(42-15-23)5-3-2-4-21-7-6-20(12-34)10-25(21)32)30(16-37-18-35-17-36-37,27(13-38)43-29(39)40)24-9-8-22(31)11-26(24)33/h2-11,17-19,23,27-28,38H,13-16H2,1H3,(H,39,40)/b4-2+,5-3+/t19-,23-,27+,28-,30?/m1/s1. The molecule has 1 aliphatic heterocycles. The SMILES string of the molecule is C[C@@H](S[C@H]1CO[C@H](/C=C/C=C/c2ccc(C#N)cc2F)OC1)C(Cn1cncn1)(c1ccc(F)cc1F)[C@H](CO)OC(=O)O. The molecular formula is C30H29F3N4O6S. The summed E-state index contributed by atoms with van der Waals surface area (Å²) >= 11 is 1.30. The van der Waals surface area contributed by atoms with E-state index in [-0.39, 0.29) is 36.1 Å². The third-order valence-electron chi connectivity index (χ3n) is 7.11. The predicted molar refractivity (Wildman–Crippen MR) is 154 cm³/mol. The number of thioether (sulfide) groups is 1. The zero-order valence-electron chi connectivity index (χ0n) is 23.4. The summed E-state index contributed by atoms with van der Waals surface area (Å²) in [5.41, 5.74) is -1.12. The number of hydrogen-bond acceptors (Lipinski definition) is 9. The highest BCUT2D eigenvalue weighted by Gasteiger charge is 2.50. The van der Waals surface area contributed by atoms with Crippen LogP contribution in [0, 0.1) is 28.8 Å². The number of halogens is 3. The first kappa shape index (κ1) is 32.7. The molecule has 1 unspecified atom stereocenters. The summed E-state index contributed by atoms with van der Waals surface area (Å²) < 4.78 is 61.5. The smallest absolute Gasteiger partial charge is 0.450 e. The fourth-order valence-corrected chi connectivity index (χ4v) is 6.48. The van der Waals surface area contributed by atoms with Crippen molar-refractivity contribution in [2.75, 3.05) is 19.8 Å². The molecule has 0 saturated carbocycles. The number of carbonyl (C=O) groups is 1. The lowest BCUT2D eigenvalue weighted by Gasteiger charge is -2.44. The molecule has 0 bridgehead atoms. The summed E-state index contributed by atoms with van der Waals surface area (Å²) in [5.74, 6) is -2.29. The number of aliphatic hydroxyl groups excluding tert-OH is 1. The van der Waals surface area contributed by atoms with E-state index < -0.39 is 53.3 Å². The van der Waals surface area contributed by atoms with Crippen LogP contribution in [0.5, 0.6) is 0 Å². The Balaban J connectivity index is 1.51. The molecule has 3 atom stereocenters. The number of rotatable bonds is 12. The molecule has 0 spiro atoms. The predicted octanol–water partition coefficient (Wildman–Crippen LogP) is 4.69. The minimum atomic E-state index is -1.68. The van der Waals surface area contributed by atoms with Crippen LogP contribution in [0.15, 0.2) is 67.3 Å². The maximum Gasteiger partial charge on any atom is 0.506 e. The molecule has 10 nitrogen and oxygen atoms in total. The van der Waals surface area contributed by atoms with Gasteiger partial charge in [-0.2, -0.15) is 10.4 Å². The number of benzene rings is 2. The second-order valence-electron chi connectivity index (χ2n) is 9.84. The van der Waals surface area contributed by atoms with Gasteiger partial charge in [-0.25, -0.2) is 22.9 Å². The molecule has 0 amide bonds. The van der Waals surface area contributed by atoms with E-state index in [0.29, 0.717) is 11.6 Å². The van der Waals surface area contributed by atoms with Crippen LogP contribution in [0.3, 0.4) is 0 Å². The molecular weight excluding hydrogens is 601 g/mol. The van der Waals surface area contributed by atoms with Gasteiger partial charge in [-0.1, -0.05) is 37.3 Å². The van der Waals surface area contributed by atoms with Crippen molar-refractivity contribution in [2.45, 2.75) is 41.8 Å². The van der Waals surface area contributed by atoms with Gasteiger partial charge in [-0.05, 0) is 24.3 Å². The number of allylic oxidation sites excluding steroid dienone is 2. The van der Waals surface area contributed by atoms with E-state index >= 15 is 4.39 Å². The summed E-state index contributed by atoms with van der Waals surface area (Å²) in [5, 5.41) is 31.8. The van der Waals surface area contributed by atoms with Crippen molar-refractivity contribution >= 4 is 24.0 Å². The number of aromatic nitrogens is 3. The van der Waals surface area contributed by atoms with Crippen molar-refractivity contribution in [1.29, 1.82) is 5.26 Å². The van der Waals surface area contributed by atoms with Crippen molar-refractivity contribution < 1.29 is 42.4 Å². The Bertz CT molecular complexity index is 1530. The van der Waals surface area contributed by atoms with E-state index in [1.807, 2.05) is 6.07 Å². The molecule has 4 rings (SSSR count). The Kier molecular flexibility index (Phi) is 11.2. The maximum absolute atomic E-state index is 15.4. The van der Waals surface area contributed by atoms with Crippen LogP contribution in [-0.4, -0.2) is 73.8 Å². The monoisotopic (exact) mass is 630 g/mol. The van der Waals surface area contributed by atoms with E-state index in [0.717, 1.165) is 12.1 Å². The number of nitriles is 1. The zero-order valence-corrected chi connectivity index (χ0v) is 24.2. The number of nitrogens with zero attached hydrogens (tertiary/aromatic N) is 4. The largest absolute Gasteiger partial charge is 0.506 e. The van der Waals surface area contributed by atoms with Crippen molar-refractivity contribution in [1.82, 2.24) is 14.8 Å². The van der Waals surface area contributed by atoms with E-state index in [1.54, 1.807) is 25.2 Å². The summed E-state index contributed by atoms with van der Waals surface area (Å²) in [7, 11) is 0. The number of ether oxygens (including phenoxy) is 3. The average molecular weight is 631 g/mol. The molecule has 14 heteroatoms. The molecule has 44 heavy (non-hydrogen) atoms. The molecule has 1 fully saturated rings. The summed E-state index contributed by atoms with van der Waals surface area (Å²) in [4.78, 5) is 15.6. The first-order chi connectivity index (χ1) is 21.2. The second kappa shape index (κ2) is 15.0. The van der Waals surface area contributed by atoms with Crippen LogP contribution in [-0.2, 0) is 26.2 Å². The van der Waals surface area contributed by atoms with Gasteiger partial charge in [0.25, 0.3) is 0 Å². The summed E-state index contributed by atoms with van der Waals surface area (Å²) in [6.45, 7) is 1.17. The molecule has 2 aromatic carbocycles. The molecule has 0 radical (unpaired) electrons. The molecule has 232 valence electrons. The minimum absolute atomic E-state index is 0.0707. The minimum Gasteiger partial charge on any atom is -0.450 e. The molecule has 3 aromatic rings. The van der Waals surface area contributed by atoms with Gasteiger partial charge in [0.15, 0.2) is 6.29 Å². The number of carboxylic acid groups (broad SMARTS) is 1. The molecule has 2 heterocycles. The highest BCUT2D eigenvalue weighted by atomic mass is 32.2. The molecule has 2 N–H and O–H groups in total. The van der Waals surface area contributed by atoms with Gasteiger partial charge < -0.3 is 24.4 Å². The molecule has 1 saturated heterocycles. The van der Waals surface area contributed by atoms with Gasteiger partial charge >= 0.3 is 6.16 Å². The second-order valence-corrected chi connectivity index (χ2v) is 11.5. The third-order valence-corrected chi connectivity index (χ3v) is 8.59. The van der Waals surface area contributed by atoms with Crippen LogP contribution >= 0.6 is 11.8 Å². The highest BCUT2D eigenvalue weighted by Crippen LogP contribution is 2.44. The van der Waals surface area contributed by atoms with E-state index in [4.69, 9.17) is 19.5 Å². The number of aliphatic hydroxyl groups is 1. The fourth-order valence-electron chi connectivity index (χ4n) is 4.99. The summed E-state index contributed by atoms with van der Waals surface area (Å²) in [6.07, 6.45) is 5.17. The van der Waals surface area contributed by atoms with E-state index in [2.05, 4.69) is 10.1 Å². The Morgan fingerprint density at radius 3 is 2.61 bits per heavy atom. The lowest BCUT2D eigenvalue weighted by Crippen LogP contribution is -2.55. The lowest BCUT2D eigenvalue weighted by molar-refractivity contribution is -0.146. The molecule has 0 aliphatic carbocycles. The topological polar surface area (TPSA) is 140 Å².